The number of rotatable bonds is 6. The minimum absolute atomic E-state index is 0.203. The standard InChI is InChI=1S/C12H17NO4/c1-3-4-8-17-10-6-5-7-13(11(10)14)9(2)12(15)16/h5-7,9H,3-4,8H2,1-2H3,(H,15,16). The summed E-state index contributed by atoms with van der Waals surface area (Å²) in [5.74, 6) is -0.841. The number of unbranched alkanes of at least 4 members (excludes halogenated alkanes) is 1. The maximum atomic E-state index is 11.9. The molecule has 0 aliphatic rings. The van der Waals surface area contributed by atoms with Crippen LogP contribution in [0.4, 0.5) is 0 Å². The van der Waals surface area contributed by atoms with Crippen LogP contribution in [0, 0.1) is 0 Å². The Labute approximate surface area is 99.6 Å². The van der Waals surface area contributed by atoms with E-state index in [9.17, 15) is 9.59 Å². The Balaban J connectivity index is 2.91. The molecule has 0 bridgehead atoms. The summed E-state index contributed by atoms with van der Waals surface area (Å²) in [6.07, 6.45) is 3.29. The summed E-state index contributed by atoms with van der Waals surface area (Å²) >= 11 is 0. The Kier molecular flexibility index (Phi) is 4.75. The number of aliphatic carboxylic acids is 1. The second kappa shape index (κ2) is 6.08. The Morgan fingerprint density at radius 2 is 2.29 bits per heavy atom. The zero-order chi connectivity index (χ0) is 12.8. The quantitative estimate of drug-likeness (QED) is 0.767. The highest BCUT2D eigenvalue weighted by molar-refractivity contribution is 5.71. The van der Waals surface area contributed by atoms with Crippen molar-refractivity contribution in [1.29, 1.82) is 0 Å². The summed E-state index contributed by atoms with van der Waals surface area (Å²) in [6, 6.07) is 2.28. The van der Waals surface area contributed by atoms with Crippen LogP contribution in [0.25, 0.3) is 0 Å². The number of aromatic nitrogens is 1. The molecule has 0 saturated heterocycles. The van der Waals surface area contributed by atoms with Crippen molar-refractivity contribution in [2.24, 2.45) is 0 Å². The van der Waals surface area contributed by atoms with Gasteiger partial charge < -0.3 is 9.84 Å². The highest BCUT2D eigenvalue weighted by atomic mass is 16.5. The number of carboxylic acid groups (broad SMARTS) is 1. The molecule has 5 heteroatoms. The van der Waals surface area contributed by atoms with Crippen LogP contribution in [0.15, 0.2) is 23.1 Å². The lowest BCUT2D eigenvalue weighted by Gasteiger charge is -2.12. The zero-order valence-electron chi connectivity index (χ0n) is 10.0. The third-order valence-corrected chi connectivity index (χ3v) is 2.47. The molecule has 1 rings (SSSR count). The van der Waals surface area contributed by atoms with Crippen LogP contribution >= 0.6 is 0 Å². The zero-order valence-corrected chi connectivity index (χ0v) is 10.0. The number of pyridine rings is 1. The van der Waals surface area contributed by atoms with Gasteiger partial charge in [-0.25, -0.2) is 4.79 Å². The van der Waals surface area contributed by atoms with Gasteiger partial charge in [0.15, 0.2) is 5.75 Å². The molecular weight excluding hydrogens is 222 g/mol. The van der Waals surface area contributed by atoms with Crippen LogP contribution < -0.4 is 10.3 Å². The molecule has 1 N–H and O–H groups in total. The summed E-state index contributed by atoms with van der Waals surface area (Å²) in [5, 5.41) is 8.86. The first-order valence-corrected chi connectivity index (χ1v) is 5.64. The normalized spacial score (nSPS) is 12.1. The van der Waals surface area contributed by atoms with Crippen molar-refractivity contribution in [2.75, 3.05) is 6.61 Å². The predicted molar refractivity (Wildman–Crippen MR) is 63.5 cm³/mol. The summed E-state index contributed by atoms with van der Waals surface area (Å²) < 4.78 is 6.48. The highest BCUT2D eigenvalue weighted by Crippen LogP contribution is 2.08. The van der Waals surface area contributed by atoms with E-state index in [0.29, 0.717) is 6.61 Å². The SMILES string of the molecule is CCCCOc1cccn(C(C)C(=O)O)c1=O. The van der Waals surface area contributed by atoms with Crippen molar-refractivity contribution in [1.82, 2.24) is 4.57 Å². The molecule has 1 atom stereocenters. The third kappa shape index (κ3) is 3.34. The van der Waals surface area contributed by atoms with E-state index in [2.05, 4.69) is 0 Å². The lowest BCUT2D eigenvalue weighted by Crippen LogP contribution is -2.28. The predicted octanol–water partition coefficient (Wildman–Crippen LogP) is 1.67. The number of hydrogen-bond acceptors (Lipinski definition) is 3. The summed E-state index contributed by atoms with van der Waals surface area (Å²) in [5.41, 5.74) is -0.404. The molecule has 0 amide bonds. The molecule has 0 aliphatic heterocycles. The Hall–Kier alpha value is -1.78. The lowest BCUT2D eigenvalue weighted by molar-refractivity contribution is -0.140. The molecule has 5 nitrogen and oxygen atoms in total. The first-order valence-electron chi connectivity index (χ1n) is 5.64. The van der Waals surface area contributed by atoms with Gasteiger partial charge in [-0.05, 0) is 25.5 Å². The van der Waals surface area contributed by atoms with Crippen molar-refractivity contribution in [2.45, 2.75) is 32.7 Å². The van der Waals surface area contributed by atoms with Gasteiger partial charge >= 0.3 is 5.97 Å². The van der Waals surface area contributed by atoms with Crippen LogP contribution in [-0.2, 0) is 4.79 Å². The molecule has 0 saturated carbocycles. The van der Waals surface area contributed by atoms with E-state index in [1.54, 1.807) is 12.1 Å². The topological polar surface area (TPSA) is 68.5 Å². The second-order valence-electron chi connectivity index (χ2n) is 3.80. The van der Waals surface area contributed by atoms with Crippen molar-refractivity contribution in [3.63, 3.8) is 0 Å². The van der Waals surface area contributed by atoms with E-state index in [-0.39, 0.29) is 5.75 Å². The van der Waals surface area contributed by atoms with E-state index in [4.69, 9.17) is 9.84 Å². The molecule has 0 fully saturated rings. The molecule has 0 spiro atoms. The van der Waals surface area contributed by atoms with Gasteiger partial charge in [-0.1, -0.05) is 13.3 Å². The van der Waals surface area contributed by atoms with E-state index < -0.39 is 17.6 Å². The fourth-order valence-corrected chi connectivity index (χ4v) is 1.35. The molecule has 0 radical (unpaired) electrons. The van der Waals surface area contributed by atoms with E-state index in [1.165, 1.54) is 13.1 Å². The van der Waals surface area contributed by atoms with Crippen molar-refractivity contribution in [3.05, 3.63) is 28.7 Å². The van der Waals surface area contributed by atoms with Gasteiger partial charge in [0.05, 0.1) is 6.61 Å². The van der Waals surface area contributed by atoms with Gasteiger partial charge in [-0.3, -0.25) is 9.36 Å². The molecule has 17 heavy (non-hydrogen) atoms. The van der Waals surface area contributed by atoms with Crippen molar-refractivity contribution in [3.8, 4) is 5.75 Å². The Morgan fingerprint density at radius 3 is 2.88 bits per heavy atom. The van der Waals surface area contributed by atoms with Gasteiger partial charge in [0, 0.05) is 6.20 Å². The van der Waals surface area contributed by atoms with Gasteiger partial charge in [0.25, 0.3) is 5.56 Å². The number of carboxylic acids is 1. The Morgan fingerprint density at radius 1 is 1.59 bits per heavy atom. The van der Waals surface area contributed by atoms with Crippen LogP contribution in [0.1, 0.15) is 32.7 Å². The average molecular weight is 239 g/mol. The van der Waals surface area contributed by atoms with E-state index >= 15 is 0 Å². The van der Waals surface area contributed by atoms with Crippen LogP contribution in [0.3, 0.4) is 0 Å². The van der Waals surface area contributed by atoms with Crippen molar-refractivity contribution < 1.29 is 14.6 Å². The molecule has 1 heterocycles. The molecular formula is C12H17NO4. The van der Waals surface area contributed by atoms with Gasteiger partial charge in [-0.15, -0.1) is 0 Å². The summed E-state index contributed by atoms with van der Waals surface area (Å²) in [6.45, 7) is 3.95. The van der Waals surface area contributed by atoms with Crippen LogP contribution in [0.5, 0.6) is 5.75 Å². The number of hydrogen-bond donors (Lipinski definition) is 1. The minimum atomic E-state index is -1.04. The molecule has 94 valence electrons. The Bertz CT molecular complexity index is 438. The number of carbonyl (C=O) groups is 1. The number of ether oxygens (including phenoxy) is 1. The summed E-state index contributed by atoms with van der Waals surface area (Å²) in [4.78, 5) is 22.7. The molecule has 1 aromatic heterocycles. The highest BCUT2D eigenvalue weighted by Gasteiger charge is 2.15. The monoisotopic (exact) mass is 239 g/mol. The number of nitrogens with zero attached hydrogens (tertiary/aromatic N) is 1. The first kappa shape index (κ1) is 13.3. The molecule has 1 aromatic rings. The molecule has 1 unspecified atom stereocenters. The van der Waals surface area contributed by atoms with Gasteiger partial charge in [0.2, 0.25) is 0 Å². The van der Waals surface area contributed by atoms with Crippen LogP contribution in [0.2, 0.25) is 0 Å². The van der Waals surface area contributed by atoms with E-state index in [1.807, 2.05) is 6.92 Å². The van der Waals surface area contributed by atoms with E-state index in [0.717, 1.165) is 17.4 Å². The molecule has 0 aromatic carbocycles. The smallest absolute Gasteiger partial charge is 0.326 e. The average Bonchev–Trinajstić information content (AvgIpc) is 2.30. The van der Waals surface area contributed by atoms with Crippen molar-refractivity contribution >= 4 is 5.97 Å². The summed E-state index contributed by atoms with van der Waals surface area (Å²) in [7, 11) is 0. The minimum Gasteiger partial charge on any atom is -0.488 e. The maximum absolute atomic E-state index is 11.9. The third-order valence-electron chi connectivity index (χ3n) is 2.47. The second-order valence-corrected chi connectivity index (χ2v) is 3.80. The fraction of sp³-hybridized carbons (Fsp3) is 0.500. The van der Waals surface area contributed by atoms with Gasteiger partial charge in [-0.2, -0.15) is 0 Å². The maximum Gasteiger partial charge on any atom is 0.326 e. The van der Waals surface area contributed by atoms with Gasteiger partial charge in [0.1, 0.15) is 6.04 Å². The van der Waals surface area contributed by atoms with Crippen LogP contribution in [-0.4, -0.2) is 22.2 Å². The first-order chi connectivity index (χ1) is 8.07. The molecule has 0 aliphatic carbocycles. The fourth-order valence-electron chi connectivity index (χ4n) is 1.35. The largest absolute Gasteiger partial charge is 0.488 e. The lowest BCUT2D eigenvalue weighted by atomic mass is 10.3.